The van der Waals surface area contributed by atoms with Crippen LogP contribution in [0.3, 0.4) is 0 Å². The third-order valence-electron chi connectivity index (χ3n) is 11.1. The van der Waals surface area contributed by atoms with E-state index in [9.17, 15) is 0 Å². The Labute approximate surface area is 341 Å². The number of anilines is 3. The lowest BCUT2D eigenvalue weighted by molar-refractivity contribution is 0.617. The summed E-state index contributed by atoms with van der Waals surface area (Å²) in [7, 11) is 0. The molecule has 278 valence electrons. The molecule has 4 nitrogen and oxygen atoms in total. The van der Waals surface area contributed by atoms with Crippen LogP contribution in [0.25, 0.3) is 89.0 Å². The van der Waals surface area contributed by atoms with Crippen molar-refractivity contribution in [2.75, 3.05) is 4.90 Å². The van der Waals surface area contributed by atoms with Gasteiger partial charge in [-0.1, -0.05) is 158 Å². The number of para-hydroxylation sites is 1. The number of aromatic nitrogens is 1. The third-order valence-corrected chi connectivity index (χ3v) is 11.1. The summed E-state index contributed by atoms with van der Waals surface area (Å²) in [5.41, 5.74) is 16.2. The number of oxazole rings is 1. The first-order valence-electron chi connectivity index (χ1n) is 19.9. The predicted molar refractivity (Wildman–Crippen MR) is 243 cm³/mol. The average molecular weight is 757 g/mol. The molecule has 0 aliphatic rings. The van der Waals surface area contributed by atoms with E-state index >= 15 is 0 Å². The second-order valence-electron chi connectivity index (χ2n) is 14.7. The van der Waals surface area contributed by atoms with Crippen molar-refractivity contribution in [3.8, 4) is 56.0 Å². The zero-order chi connectivity index (χ0) is 39.1. The zero-order valence-corrected chi connectivity index (χ0v) is 32.0. The number of benzene rings is 9. The van der Waals surface area contributed by atoms with E-state index in [4.69, 9.17) is 13.8 Å². The summed E-state index contributed by atoms with van der Waals surface area (Å²) in [6, 6.07) is 76.5. The van der Waals surface area contributed by atoms with Gasteiger partial charge in [-0.15, -0.1) is 0 Å². The number of fused-ring (bicyclic) bond motifs is 4. The minimum absolute atomic E-state index is 0.578. The monoisotopic (exact) mass is 756 g/mol. The van der Waals surface area contributed by atoms with Crippen LogP contribution in [-0.4, -0.2) is 4.98 Å². The van der Waals surface area contributed by atoms with Crippen LogP contribution < -0.4 is 4.90 Å². The van der Waals surface area contributed by atoms with Gasteiger partial charge in [0.05, 0.1) is 0 Å². The number of hydrogen-bond donors (Lipinski definition) is 0. The van der Waals surface area contributed by atoms with E-state index in [0.717, 1.165) is 72.3 Å². The van der Waals surface area contributed by atoms with Gasteiger partial charge >= 0.3 is 0 Å². The quantitative estimate of drug-likeness (QED) is 0.155. The van der Waals surface area contributed by atoms with Gasteiger partial charge in [-0.3, -0.25) is 0 Å². The van der Waals surface area contributed by atoms with E-state index in [1.54, 1.807) is 0 Å². The second kappa shape index (κ2) is 14.5. The molecule has 0 atom stereocenters. The molecule has 11 aromatic rings. The Hall–Kier alpha value is -7.95. The molecule has 0 fully saturated rings. The second-order valence-corrected chi connectivity index (χ2v) is 14.7. The Morgan fingerprint density at radius 1 is 0.339 bits per heavy atom. The summed E-state index contributed by atoms with van der Waals surface area (Å²) < 4.78 is 12.9. The lowest BCUT2D eigenvalue weighted by Gasteiger charge is -2.27. The zero-order valence-electron chi connectivity index (χ0n) is 32.0. The summed E-state index contributed by atoms with van der Waals surface area (Å²) in [4.78, 5) is 7.47. The minimum Gasteiger partial charge on any atom is -0.456 e. The summed E-state index contributed by atoms with van der Waals surface area (Å²) >= 11 is 0. The molecule has 0 spiro atoms. The van der Waals surface area contributed by atoms with Gasteiger partial charge < -0.3 is 13.7 Å². The van der Waals surface area contributed by atoms with Crippen LogP contribution in [-0.2, 0) is 0 Å². The Kier molecular flexibility index (Phi) is 8.45. The lowest BCUT2D eigenvalue weighted by atomic mass is 9.93. The Bertz CT molecular complexity index is 3230. The maximum atomic E-state index is 6.45. The Balaban J connectivity index is 1.09. The van der Waals surface area contributed by atoms with Crippen LogP contribution in [0.5, 0.6) is 0 Å². The van der Waals surface area contributed by atoms with Gasteiger partial charge in [0.15, 0.2) is 5.58 Å². The standard InChI is InChI=1S/C55H36N2O2/c1-5-15-37(16-6-1)38-25-29-43(30-26-38)57(45-33-34-46(39-17-7-2-8-18-39)48(35-45)40-19-9-3-10-20-40)44-31-27-41(28-32-44)52-53-47-23-13-14-24-49(47)58-50(53)36-51-54(52)56-55(59-51)42-21-11-4-12-22-42/h1-36H. The first-order valence-corrected chi connectivity index (χ1v) is 19.9. The molecular formula is C55H36N2O2. The van der Waals surface area contributed by atoms with Crippen LogP contribution in [0, 0.1) is 0 Å². The van der Waals surface area contributed by atoms with Gasteiger partial charge in [0, 0.05) is 45.0 Å². The fraction of sp³-hybridized carbons (Fsp3) is 0. The van der Waals surface area contributed by atoms with E-state index < -0.39 is 0 Å². The summed E-state index contributed by atoms with van der Waals surface area (Å²) in [5, 5.41) is 2.06. The smallest absolute Gasteiger partial charge is 0.227 e. The highest BCUT2D eigenvalue weighted by molar-refractivity contribution is 6.19. The molecule has 0 aliphatic carbocycles. The molecule has 0 N–H and O–H groups in total. The van der Waals surface area contributed by atoms with Crippen molar-refractivity contribution in [2.45, 2.75) is 0 Å². The van der Waals surface area contributed by atoms with Crippen molar-refractivity contribution in [1.29, 1.82) is 0 Å². The Morgan fingerprint density at radius 2 is 0.847 bits per heavy atom. The van der Waals surface area contributed by atoms with Gasteiger partial charge in [0.25, 0.3) is 0 Å². The van der Waals surface area contributed by atoms with Crippen molar-refractivity contribution in [2.24, 2.45) is 0 Å². The molecule has 0 bridgehead atoms. The van der Waals surface area contributed by atoms with Gasteiger partial charge in [-0.2, -0.15) is 0 Å². The lowest BCUT2D eigenvalue weighted by Crippen LogP contribution is -2.10. The van der Waals surface area contributed by atoms with E-state index in [1.807, 2.05) is 48.5 Å². The molecule has 0 amide bonds. The van der Waals surface area contributed by atoms with Gasteiger partial charge in [0.2, 0.25) is 5.89 Å². The van der Waals surface area contributed by atoms with E-state index in [-0.39, 0.29) is 0 Å². The van der Waals surface area contributed by atoms with Crippen molar-refractivity contribution >= 4 is 50.1 Å². The fourth-order valence-electron chi connectivity index (χ4n) is 8.31. The Morgan fingerprint density at radius 3 is 1.49 bits per heavy atom. The minimum atomic E-state index is 0.578. The van der Waals surface area contributed by atoms with E-state index in [1.165, 1.54) is 22.3 Å². The molecule has 11 rings (SSSR count). The maximum Gasteiger partial charge on any atom is 0.227 e. The molecule has 2 aromatic heterocycles. The summed E-state index contributed by atoms with van der Waals surface area (Å²) in [6.45, 7) is 0. The molecule has 2 heterocycles. The molecule has 0 saturated carbocycles. The average Bonchev–Trinajstić information content (AvgIpc) is 3.91. The van der Waals surface area contributed by atoms with Crippen LogP contribution in [0.4, 0.5) is 17.1 Å². The predicted octanol–water partition coefficient (Wildman–Crippen LogP) is 15.5. The number of furan rings is 1. The molecule has 0 aliphatic heterocycles. The number of hydrogen-bond acceptors (Lipinski definition) is 4. The largest absolute Gasteiger partial charge is 0.456 e. The fourth-order valence-corrected chi connectivity index (χ4v) is 8.31. The number of rotatable bonds is 8. The first kappa shape index (κ1) is 34.3. The van der Waals surface area contributed by atoms with E-state index in [0.29, 0.717) is 11.5 Å². The van der Waals surface area contributed by atoms with Crippen molar-refractivity contribution in [3.05, 3.63) is 218 Å². The normalized spacial score (nSPS) is 11.4. The summed E-state index contributed by atoms with van der Waals surface area (Å²) in [6.07, 6.45) is 0. The molecule has 0 radical (unpaired) electrons. The van der Waals surface area contributed by atoms with Gasteiger partial charge in [-0.25, -0.2) is 4.98 Å². The maximum absolute atomic E-state index is 6.45. The molecule has 0 saturated heterocycles. The highest BCUT2D eigenvalue weighted by Crippen LogP contribution is 2.45. The van der Waals surface area contributed by atoms with Crippen molar-refractivity contribution in [1.82, 2.24) is 4.98 Å². The molecule has 59 heavy (non-hydrogen) atoms. The van der Waals surface area contributed by atoms with E-state index in [2.05, 4.69) is 175 Å². The highest BCUT2D eigenvalue weighted by atomic mass is 16.4. The first-order chi connectivity index (χ1) is 29.2. The summed E-state index contributed by atoms with van der Waals surface area (Å²) in [5.74, 6) is 0.578. The topological polar surface area (TPSA) is 42.4 Å². The highest BCUT2D eigenvalue weighted by Gasteiger charge is 2.22. The third kappa shape index (κ3) is 6.24. The van der Waals surface area contributed by atoms with Gasteiger partial charge in [0.1, 0.15) is 16.7 Å². The van der Waals surface area contributed by atoms with Crippen molar-refractivity contribution < 1.29 is 8.83 Å². The van der Waals surface area contributed by atoms with Crippen LogP contribution in [0.2, 0.25) is 0 Å². The van der Waals surface area contributed by atoms with Gasteiger partial charge in [-0.05, 0) is 93.5 Å². The van der Waals surface area contributed by atoms with Crippen LogP contribution >= 0.6 is 0 Å². The van der Waals surface area contributed by atoms with Crippen LogP contribution in [0.1, 0.15) is 0 Å². The SMILES string of the molecule is c1ccc(-c2ccc(N(c3ccc(-c4c5nc(-c6ccccc6)oc5cc5oc6ccccc6c45)cc3)c3ccc(-c4ccccc4)c(-c4ccccc4)c3)cc2)cc1. The van der Waals surface area contributed by atoms with Crippen molar-refractivity contribution in [3.63, 3.8) is 0 Å². The molecule has 0 unspecified atom stereocenters. The molecule has 9 aromatic carbocycles. The molecular weight excluding hydrogens is 721 g/mol. The van der Waals surface area contributed by atoms with Crippen LogP contribution in [0.15, 0.2) is 227 Å². The number of nitrogens with zero attached hydrogens (tertiary/aromatic N) is 2. The molecule has 4 heteroatoms.